The van der Waals surface area contributed by atoms with Crippen LogP contribution in [0.1, 0.15) is 46.1 Å². The molecule has 2 fully saturated rings. The third kappa shape index (κ3) is 6.16. The summed E-state index contributed by atoms with van der Waals surface area (Å²) in [5.41, 5.74) is -2.83. The number of carboxylic acids is 1. The van der Waals surface area contributed by atoms with E-state index in [1.54, 1.807) is 32.9 Å². The molecule has 0 radical (unpaired) electrons. The number of fused-ring (bicyclic) bond motifs is 11. The third-order valence-corrected chi connectivity index (χ3v) is 8.27. The van der Waals surface area contributed by atoms with Gasteiger partial charge in [0.05, 0.1) is 18.8 Å². The fourth-order valence-corrected chi connectivity index (χ4v) is 5.51. The van der Waals surface area contributed by atoms with Crippen molar-refractivity contribution in [3.63, 3.8) is 0 Å². The highest BCUT2D eigenvalue weighted by Gasteiger charge is 2.61. The molecule has 41 heavy (non-hydrogen) atoms. The van der Waals surface area contributed by atoms with E-state index in [9.17, 15) is 29.1 Å². The second kappa shape index (κ2) is 11.7. The van der Waals surface area contributed by atoms with Crippen LogP contribution in [0.4, 0.5) is 4.79 Å². The SMILES string of the molecule is C=C[C@@H]1C[C@]1(NC(=O)[C@@H]1C[C@@H]2CN1C(=O)[C@H](C(C)(C)C)NC(=O)OCC=CCCOc1cnn2c(=O)c1Br)C(=O)O. The summed E-state index contributed by atoms with van der Waals surface area (Å²) in [5, 5.41) is 19.3. The number of carbonyl (C=O) groups is 4. The molecular formula is C27H34BrN5O8. The molecule has 4 bridgehead atoms. The van der Waals surface area contributed by atoms with Crippen LogP contribution in [0.25, 0.3) is 0 Å². The van der Waals surface area contributed by atoms with Gasteiger partial charge in [0.15, 0.2) is 5.75 Å². The lowest BCUT2D eigenvalue weighted by Crippen LogP contribution is -2.59. The van der Waals surface area contributed by atoms with Gasteiger partial charge in [0.1, 0.15) is 28.7 Å². The lowest BCUT2D eigenvalue weighted by atomic mass is 9.85. The van der Waals surface area contributed by atoms with Crippen molar-refractivity contribution in [3.8, 4) is 5.75 Å². The second-order valence-electron chi connectivity index (χ2n) is 11.4. The Labute approximate surface area is 245 Å². The topological polar surface area (TPSA) is 169 Å². The molecule has 1 aliphatic carbocycles. The number of aliphatic carboxylic acids is 1. The van der Waals surface area contributed by atoms with Gasteiger partial charge in [0.25, 0.3) is 5.56 Å². The van der Waals surface area contributed by atoms with Crippen molar-refractivity contribution in [2.45, 2.75) is 63.7 Å². The summed E-state index contributed by atoms with van der Waals surface area (Å²) in [6.07, 6.45) is 6.05. The smallest absolute Gasteiger partial charge is 0.408 e. The van der Waals surface area contributed by atoms with Crippen LogP contribution in [0.5, 0.6) is 5.75 Å². The molecular weight excluding hydrogens is 602 g/mol. The Kier molecular flexibility index (Phi) is 8.62. The third-order valence-electron chi connectivity index (χ3n) is 7.54. The van der Waals surface area contributed by atoms with Gasteiger partial charge in [-0.05, 0) is 34.2 Å². The number of aromatic nitrogens is 2. The monoisotopic (exact) mass is 635 g/mol. The highest BCUT2D eigenvalue weighted by molar-refractivity contribution is 9.10. The molecule has 5 atom stereocenters. The number of hydrogen-bond acceptors (Lipinski definition) is 8. The Morgan fingerprint density at radius 2 is 2.00 bits per heavy atom. The molecule has 5 rings (SSSR count). The van der Waals surface area contributed by atoms with Crippen LogP contribution in [-0.2, 0) is 19.1 Å². The van der Waals surface area contributed by atoms with Gasteiger partial charge in [0.2, 0.25) is 11.8 Å². The van der Waals surface area contributed by atoms with Crippen LogP contribution < -0.4 is 20.9 Å². The van der Waals surface area contributed by atoms with Crippen LogP contribution in [0.3, 0.4) is 0 Å². The predicted octanol–water partition coefficient (Wildman–Crippen LogP) is 1.77. The maximum Gasteiger partial charge on any atom is 0.408 e. The van der Waals surface area contributed by atoms with Crippen molar-refractivity contribution < 1.29 is 33.8 Å². The fraction of sp³-hybridized carbons (Fsp3) is 0.556. The molecule has 0 aromatic carbocycles. The van der Waals surface area contributed by atoms with E-state index in [2.05, 4.69) is 38.2 Å². The number of rotatable bonds is 4. The number of amides is 3. The van der Waals surface area contributed by atoms with E-state index in [0.29, 0.717) is 6.42 Å². The van der Waals surface area contributed by atoms with Crippen molar-refractivity contribution in [1.29, 1.82) is 0 Å². The molecule has 3 aliphatic heterocycles. The van der Waals surface area contributed by atoms with Gasteiger partial charge in [-0.1, -0.05) is 39.0 Å². The van der Waals surface area contributed by atoms with Gasteiger partial charge in [-0.2, -0.15) is 5.10 Å². The Morgan fingerprint density at radius 3 is 2.63 bits per heavy atom. The number of ether oxygens (including phenoxy) is 2. The van der Waals surface area contributed by atoms with Gasteiger partial charge in [-0.15, -0.1) is 6.58 Å². The molecule has 14 heteroatoms. The lowest BCUT2D eigenvalue weighted by molar-refractivity contribution is -0.146. The Balaban J connectivity index is 1.74. The van der Waals surface area contributed by atoms with Crippen LogP contribution in [0.2, 0.25) is 0 Å². The minimum absolute atomic E-state index is 0.0171. The Hall–Kier alpha value is -3.68. The second-order valence-corrected chi connectivity index (χ2v) is 12.2. The van der Waals surface area contributed by atoms with E-state index in [0.717, 1.165) is 0 Å². The summed E-state index contributed by atoms with van der Waals surface area (Å²) in [5.74, 6) is -2.71. The number of alkyl carbamates (subject to hydrolysis) is 1. The van der Waals surface area contributed by atoms with E-state index < -0.39 is 64.4 Å². The molecule has 222 valence electrons. The quantitative estimate of drug-likeness (QED) is 0.417. The highest BCUT2D eigenvalue weighted by Crippen LogP contribution is 2.45. The minimum atomic E-state index is -1.52. The summed E-state index contributed by atoms with van der Waals surface area (Å²) in [7, 11) is 0. The van der Waals surface area contributed by atoms with Crippen LogP contribution >= 0.6 is 15.9 Å². The zero-order valence-electron chi connectivity index (χ0n) is 23.1. The maximum absolute atomic E-state index is 14.0. The van der Waals surface area contributed by atoms with E-state index in [4.69, 9.17) is 9.47 Å². The zero-order chi connectivity index (χ0) is 30.1. The van der Waals surface area contributed by atoms with Crippen molar-refractivity contribution in [2.24, 2.45) is 11.3 Å². The van der Waals surface area contributed by atoms with Gasteiger partial charge >= 0.3 is 12.1 Å². The van der Waals surface area contributed by atoms with Crippen molar-refractivity contribution in [3.05, 3.63) is 45.8 Å². The maximum atomic E-state index is 14.0. The molecule has 13 nitrogen and oxygen atoms in total. The molecule has 1 saturated heterocycles. The van der Waals surface area contributed by atoms with E-state index in [-0.39, 0.29) is 42.8 Å². The number of carbonyl (C=O) groups excluding carboxylic acids is 3. The van der Waals surface area contributed by atoms with E-state index in [1.807, 2.05) is 0 Å². The van der Waals surface area contributed by atoms with Crippen LogP contribution in [-0.4, -0.2) is 81.0 Å². The zero-order valence-corrected chi connectivity index (χ0v) is 24.7. The first kappa shape index (κ1) is 30.3. The molecule has 1 saturated carbocycles. The number of nitrogens with zero attached hydrogens (tertiary/aromatic N) is 3. The first-order valence-corrected chi connectivity index (χ1v) is 14.1. The molecule has 1 aromatic rings. The molecule has 1 aromatic heterocycles. The highest BCUT2D eigenvalue weighted by atomic mass is 79.9. The predicted molar refractivity (Wildman–Crippen MR) is 149 cm³/mol. The average Bonchev–Trinajstić information content (AvgIpc) is 3.45. The Bertz CT molecular complexity index is 1340. The molecule has 4 aliphatic rings. The molecule has 3 N–H and O–H groups in total. The largest absolute Gasteiger partial charge is 0.490 e. The summed E-state index contributed by atoms with van der Waals surface area (Å²) in [4.78, 5) is 66.9. The number of nitrogens with one attached hydrogen (secondary N) is 2. The first-order valence-electron chi connectivity index (χ1n) is 13.3. The summed E-state index contributed by atoms with van der Waals surface area (Å²) in [6, 6.07) is -2.97. The molecule has 4 heterocycles. The van der Waals surface area contributed by atoms with Gasteiger partial charge < -0.3 is 30.1 Å². The first-order chi connectivity index (χ1) is 19.3. The lowest BCUT2D eigenvalue weighted by Gasteiger charge is -2.35. The van der Waals surface area contributed by atoms with Crippen molar-refractivity contribution in [1.82, 2.24) is 25.3 Å². The van der Waals surface area contributed by atoms with Gasteiger partial charge in [0, 0.05) is 18.9 Å². The molecule has 0 unspecified atom stereocenters. The molecule has 3 amide bonds. The van der Waals surface area contributed by atoms with Gasteiger partial charge in [-0.3, -0.25) is 14.4 Å². The van der Waals surface area contributed by atoms with Gasteiger partial charge in [-0.25, -0.2) is 14.3 Å². The average molecular weight is 637 g/mol. The van der Waals surface area contributed by atoms with Crippen molar-refractivity contribution >= 4 is 39.8 Å². The van der Waals surface area contributed by atoms with Crippen LogP contribution in [0, 0.1) is 11.3 Å². The summed E-state index contributed by atoms with van der Waals surface area (Å²) in [6.45, 7) is 9.01. The van der Waals surface area contributed by atoms with E-state index >= 15 is 0 Å². The number of carboxylic acid groups (broad SMARTS) is 1. The van der Waals surface area contributed by atoms with Crippen molar-refractivity contribution in [2.75, 3.05) is 19.8 Å². The normalized spacial score (nSPS) is 28.5. The Morgan fingerprint density at radius 1 is 1.27 bits per heavy atom. The summed E-state index contributed by atoms with van der Waals surface area (Å²) >= 11 is 3.29. The fourth-order valence-electron chi connectivity index (χ4n) is 5.11. The molecule has 0 spiro atoms. The standard InChI is InChI=1S/C27H34BrN5O8/c1-5-15-12-27(15,24(37)38)31-21(34)17-11-16-14-32(17)23(36)20(26(2,3)4)30-25(39)41-10-8-6-7-9-40-18-13-29-33(16)22(35)19(18)28/h5-6,8,13,15-17,20H,1,7,9-12,14H2,2-4H3,(H,30,39)(H,31,34)(H,37,38)/t15-,16-,17+,20-,27-/m1/s1. The minimum Gasteiger partial charge on any atom is -0.490 e. The van der Waals surface area contributed by atoms with Crippen LogP contribution in [0.15, 0.2) is 40.3 Å². The number of halogens is 1. The number of hydrogen-bond donors (Lipinski definition) is 3. The summed E-state index contributed by atoms with van der Waals surface area (Å²) < 4.78 is 12.2. The van der Waals surface area contributed by atoms with E-state index in [1.165, 1.54) is 21.9 Å².